The SMILES string of the molecule is CC(C)CCCN1CCC(n2cccn2)CC1. The molecular formula is C14H25N3. The van der Waals surface area contributed by atoms with E-state index < -0.39 is 0 Å². The first-order chi connectivity index (χ1) is 8.25. The van der Waals surface area contributed by atoms with Crippen LogP contribution in [0.3, 0.4) is 0 Å². The topological polar surface area (TPSA) is 21.1 Å². The second-order valence-corrected chi connectivity index (χ2v) is 5.59. The van der Waals surface area contributed by atoms with Gasteiger partial charge in [0.15, 0.2) is 0 Å². The first-order valence-corrected chi connectivity index (χ1v) is 6.97. The lowest BCUT2D eigenvalue weighted by Gasteiger charge is -2.32. The van der Waals surface area contributed by atoms with Crippen LogP contribution >= 0.6 is 0 Å². The second-order valence-electron chi connectivity index (χ2n) is 5.59. The first-order valence-electron chi connectivity index (χ1n) is 6.97. The monoisotopic (exact) mass is 235 g/mol. The van der Waals surface area contributed by atoms with E-state index in [2.05, 4.69) is 34.7 Å². The van der Waals surface area contributed by atoms with E-state index in [-0.39, 0.29) is 0 Å². The fourth-order valence-electron chi connectivity index (χ4n) is 2.63. The molecule has 0 bridgehead atoms. The Morgan fingerprint density at radius 1 is 1.29 bits per heavy atom. The summed E-state index contributed by atoms with van der Waals surface area (Å²) in [7, 11) is 0. The van der Waals surface area contributed by atoms with Crippen molar-refractivity contribution in [2.24, 2.45) is 5.92 Å². The number of hydrogen-bond donors (Lipinski definition) is 0. The molecule has 17 heavy (non-hydrogen) atoms. The molecule has 0 unspecified atom stereocenters. The Morgan fingerprint density at radius 2 is 2.06 bits per heavy atom. The van der Waals surface area contributed by atoms with Crippen molar-refractivity contribution in [3.05, 3.63) is 18.5 Å². The van der Waals surface area contributed by atoms with Gasteiger partial charge in [0.05, 0.1) is 6.04 Å². The van der Waals surface area contributed by atoms with Crippen LogP contribution in [-0.4, -0.2) is 34.3 Å². The molecule has 1 aromatic heterocycles. The van der Waals surface area contributed by atoms with Gasteiger partial charge < -0.3 is 4.90 Å². The number of likely N-dealkylation sites (tertiary alicyclic amines) is 1. The predicted octanol–water partition coefficient (Wildman–Crippen LogP) is 2.96. The maximum absolute atomic E-state index is 4.35. The second kappa shape index (κ2) is 6.20. The maximum Gasteiger partial charge on any atom is 0.0543 e. The maximum atomic E-state index is 4.35. The lowest BCUT2D eigenvalue weighted by atomic mass is 10.0. The molecule has 0 radical (unpaired) electrons. The number of aromatic nitrogens is 2. The minimum atomic E-state index is 0.631. The van der Waals surface area contributed by atoms with Crippen LogP contribution in [0.25, 0.3) is 0 Å². The Morgan fingerprint density at radius 3 is 2.65 bits per heavy atom. The highest BCUT2D eigenvalue weighted by Crippen LogP contribution is 2.21. The van der Waals surface area contributed by atoms with Gasteiger partial charge in [-0.05, 0) is 44.2 Å². The molecule has 1 fully saturated rings. The average molecular weight is 235 g/mol. The van der Waals surface area contributed by atoms with Gasteiger partial charge in [0.2, 0.25) is 0 Å². The summed E-state index contributed by atoms with van der Waals surface area (Å²) in [5, 5.41) is 4.35. The van der Waals surface area contributed by atoms with E-state index in [0.29, 0.717) is 6.04 Å². The van der Waals surface area contributed by atoms with E-state index in [0.717, 1.165) is 5.92 Å². The summed E-state index contributed by atoms with van der Waals surface area (Å²) in [6.45, 7) is 8.38. The third-order valence-corrected chi connectivity index (χ3v) is 3.71. The Balaban J connectivity index is 1.68. The molecule has 2 heterocycles. The summed E-state index contributed by atoms with van der Waals surface area (Å²) in [4.78, 5) is 2.61. The van der Waals surface area contributed by atoms with Crippen LogP contribution in [0.4, 0.5) is 0 Å². The van der Waals surface area contributed by atoms with E-state index >= 15 is 0 Å². The molecule has 1 aromatic rings. The van der Waals surface area contributed by atoms with Crippen LogP contribution in [0.5, 0.6) is 0 Å². The Hall–Kier alpha value is -0.830. The summed E-state index contributed by atoms with van der Waals surface area (Å²) in [5.41, 5.74) is 0. The Labute approximate surface area is 105 Å². The van der Waals surface area contributed by atoms with Crippen molar-refractivity contribution >= 4 is 0 Å². The lowest BCUT2D eigenvalue weighted by molar-refractivity contribution is 0.175. The van der Waals surface area contributed by atoms with Gasteiger partial charge in [0.1, 0.15) is 0 Å². The molecule has 1 saturated heterocycles. The molecule has 1 aliphatic heterocycles. The molecule has 0 atom stereocenters. The van der Waals surface area contributed by atoms with Gasteiger partial charge in [-0.15, -0.1) is 0 Å². The third-order valence-electron chi connectivity index (χ3n) is 3.71. The fourth-order valence-corrected chi connectivity index (χ4v) is 2.63. The zero-order valence-electron chi connectivity index (χ0n) is 11.2. The van der Waals surface area contributed by atoms with Crippen LogP contribution in [-0.2, 0) is 0 Å². The van der Waals surface area contributed by atoms with Gasteiger partial charge in [0.25, 0.3) is 0 Å². The van der Waals surface area contributed by atoms with Crippen LogP contribution in [0.1, 0.15) is 45.6 Å². The van der Waals surface area contributed by atoms with Gasteiger partial charge in [0, 0.05) is 25.5 Å². The smallest absolute Gasteiger partial charge is 0.0543 e. The number of piperidine rings is 1. The van der Waals surface area contributed by atoms with Gasteiger partial charge in [-0.3, -0.25) is 4.68 Å². The van der Waals surface area contributed by atoms with Gasteiger partial charge in [-0.2, -0.15) is 5.10 Å². The molecule has 0 amide bonds. The Kier molecular flexibility index (Phi) is 4.60. The fraction of sp³-hybridized carbons (Fsp3) is 0.786. The molecule has 3 nitrogen and oxygen atoms in total. The molecular weight excluding hydrogens is 210 g/mol. The minimum absolute atomic E-state index is 0.631. The Bertz CT molecular complexity index is 297. The largest absolute Gasteiger partial charge is 0.303 e. The number of hydrogen-bond acceptors (Lipinski definition) is 2. The molecule has 3 heteroatoms. The predicted molar refractivity (Wildman–Crippen MR) is 71.0 cm³/mol. The van der Waals surface area contributed by atoms with Crippen LogP contribution in [0, 0.1) is 5.92 Å². The molecule has 96 valence electrons. The normalized spacial score (nSPS) is 19.0. The summed E-state index contributed by atoms with van der Waals surface area (Å²) in [6, 6.07) is 2.65. The van der Waals surface area contributed by atoms with Gasteiger partial charge in [-0.25, -0.2) is 0 Å². The van der Waals surface area contributed by atoms with Crippen molar-refractivity contribution in [2.45, 2.75) is 45.6 Å². The molecule has 1 aliphatic rings. The molecule has 0 aliphatic carbocycles. The molecule has 0 N–H and O–H groups in total. The standard InChI is InChI=1S/C14H25N3/c1-13(2)5-3-9-16-11-6-14(7-12-16)17-10-4-8-15-17/h4,8,10,13-14H,3,5-7,9,11-12H2,1-2H3. The summed E-state index contributed by atoms with van der Waals surface area (Å²) in [6.07, 6.45) is 9.20. The highest BCUT2D eigenvalue weighted by Gasteiger charge is 2.19. The highest BCUT2D eigenvalue weighted by atomic mass is 15.3. The minimum Gasteiger partial charge on any atom is -0.303 e. The molecule has 0 spiro atoms. The van der Waals surface area contributed by atoms with Crippen molar-refractivity contribution in [2.75, 3.05) is 19.6 Å². The number of nitrogens with zero attached hydrogens (tertiary/aromatic N) is 3. The van der Waals surface area contributed by atoms with E-state index in [1.54, 1.807) is 0 Å². The van der Waals surface area contributed by atoms with E-state index in [4.69, 9.17) is 0 Å². The first kappa shape index (κ1) is 12.6. The van der Waals surface area contributed by atoms with Crippen molar-refractivity contribution in [3.8, 4) is 0 Å². The average Bonchev–Trinajstić information content (AvgIpc) is 2.83. The van der Waals surface area contributed by atoms with Crippen molar-refractivity contribution in [1.82, 2.24) is 14.7 Å². The zero-order valence-corrected chi connectivity index (χ0v) is 11.2. The lowest BCUT2D eigenvalue weighted by Crippen LogP contribution is -2.35. The number of rotatable bonds is 5. The van der Waals surface area contributed by atoms with Crippen molar-refractivity contribution < 1.29 is 0 Å². The third kappa shape index (κ3) is 3.84. The van der Waals surface area contributed by atoms with Crippen LogP contribution < -0.4 is 0 Å². The quantitative estimate of drug-likeness (QED) is 0.782. The van der Waals surface area contributed by atoms with Gasteiger partial charge >= 0.3 is 0 Å². The van der Waals surface area contributed by atoms with Crippen molar-refractivity contribution in [3.63, 3.8) is 0 Å². The highest BCUT2D eigenvalue weighted by molar-refractivity contribution is 4.84. The van der Waals surface area contributed by atoms with Crippen molar-refractivity contribution in [1.29, 1.82) is 0 Å². The van der Waals surface area contributed by atoms with Crippen LogP contribution in [0.15, 0.2) is 18.5 Å². The van der Waals surface area contributed by atoms with E-state index in [1.165, 1.54) is 45.3 Å². The van der Waals surface area contributed by atoms with Crippen LogP contribution in [0.2, 0.25) is 0 Å². The molecule has 2 rings (SSSR count). The molecule has 0 aromatic carbocycles. The molecule has 0 saturated carbocycles. The summed E-state index contributed by atoms with van der Waals surface area (Å²) >= 11 is 0. The summed E-state index contributed by atoms with van der Waals surface area (Å²) in [5.74, 6) is 0.844. The van der Waals surface area contributed by atoms with Gasteiger partial charge in [-0.1, -0.05) is 13.8 Å². The van der Waals surface area contributed by atoms with E-state index in [1.807, 2.05) is 12.3 Å². The zero-order chi connectivity index (χ0) is 12.1. The van der Waals surface area contributed by atoms with E-state index in [9.17, 15) is 0 Å². The summed E-state index contributed by atoms with van der Waals surface area (Å²) < 4.78 is 2.13.